The summed E-state index contributed by atoms with van der Waals surface area (Å²) in [6.07, 6.45) is 1.94. The molecule has 1 amide bonds. The smallest absolute Gasteiger partial charge is 0.232 e. The highest BCUT2D eigenvalue weighted by atomic mass is 19.1. The monoisotopic (exact) mass is 365 g/mol. The van der Waals surface area contributed by atoms with Gasteiger partial charge in [-0.2, -0.15) is 0 Å². The number of carbonyl (C=O) groups is 1. The van der Waals surface area contributed by atoms with E-state index in [9.17, 15) is 9.18 Å². The molecule has 2 heterocycles. The highest BCUT2D eigenvalue weighted by molar-refractivity contribution is 5.94. The zero-order valence-electron chi connectivity index (χ0n) is 15.7. The lowest BCUT2D eigenvalue weighted by atomic mass is 9.82. The molecule has 27 heavy (non-hydrogen) atoms. The minimum atomic E-state index is -0.625. The maximum Gasteiger partial charge on any atom is 0.232 e. The second-order valence-corrected chi connectivity index (χ2v) is 7.60. The van der Waals surface area contributed by atoms with Crippen LogP contribution in [0.15, 0.2) is 54.7 Å². The number of amides is 1. The van der Waals surface area contributed by atoms with Gasteiger partial charge in [0.25, 0.3) is 0 Å². The number of hydrogen-bond acceptors (Lipinski definition) is 2. The van der Waals surface area contributed by atoms with E-state index in [-0.39, 0.29) is 11.7 Å². The van der Waals surface area contributed by atoms with Crippen LogP contribution in [0.4, 0.5) is 10.1 Å². The molecule has 0 atom stereocenters. The Morgan fingerprint density at radius 3 is 2.41 bits per heavy atom. The quantitative estimate of drug-likeness (QED) is 0.764. The number of nitrogens with one attached hydrogen (secondary N) is 1. The Labute approximate surface area is 158 Å². The topological polar surface area (TPSA) is 39.3 Å². The number of aromatic nitrogens is 1. The highest BCUT2D eigenvalue weighted by Crippen LogP contribution is 2.32. The van der Waals surface area contributed by atoms with E-state index in [1.54, 1.807) is 12.1 Å². The van der Waals surface area contributed by atoms with Crippen LogP contribution in [0.1, 0.15) is 19.4 Å². The summed E-state index contributed by atoms with van der Waals surface area (Å²) in [5, 5.41) is 1.08. The number of para-hydroxylation sites is 2. The molecule has 3 aromatic rings. The van der Waals surface area contributed by atoms with Crippen molar-refractivity contribution in [2.75, 3.05) is 31.1 Å². The number of hydrogen-bond donors (Lipinski definition) is 1. The Balaban J connectivity index is 1.51. The summed E-state index contributed by atoms with van der Waals surface area (Å²) in [6, 6.07) is 14.9. The molecular formula is C22H24FN3O. The molecule has 2 aromatic carbocycles. The summed E-state index contributed by atoms with van der Waals surface area (Å²) in [7, 11) is 0. The standard InChI is InChI=1S/C22H24FN3O/c1-22(2,17-15-24-19-9-5-3-7-16(17)19)21(27)26-13-11-25(12-14-26)20-10-6-4-8-18(20)23/h3-10,15,24H,11-14H2,1-2H3. The van der Waals surface area contributed by atoms with Gasteiger partial charge < -0.3 is 14.8 Å². The van der Waals surface area contributed by atoms with Crippen molar-refractivity contribution in [2.24, 2.45) is 0 Å². The van der Waals surface area contributed by atoms with Gasteiger partial charge in [-0.05, 0) is 37.6 Å². The van der Waals surface area contributed by atoms with Crippen molar-refractivity contribution in [1.29, 1.82) is 0 Å². The summed E-state index contributed by atoms with van der Waals surface area (Å²) < 4.78 is 14.0. The predicted octanol–water partition coefficient (Wildman–Crippen LogP) is 3.93. The number of rotatable bonds is 3. The average Bonchev–Trinajstić information content (AvgIpc) is 3.13. The Kier molecular flexibility index (Phi) is 4.38. The number of anilines is 1. The molecule has 0 radical (unpaired) electrons. The van der Waals surface area contributed by atoms with Crippen LogP contribution in [0.2, 0.25) is 0 Å². The van der Waals surface area contributed by atoms with Gasteiger partial charge in [-0.15, -0.1) is 0 Å². The number of halogens is 1. The van der Waals surface area contributed by atoms with Gasteiger partial charge in [0, 0.05) is 43.3 Å². The SMILES string of the molecule is CC(C)(C(=O)N1CCN(c2ccccc2F)CC1)c1c[nH]c2ccccc12. The molecule has 0 spiro atoms. The highest BCUT2D eigenvalue weighted by Gasteiger charge is 2.37. The van der Waals surface area contributed by atoms with Crippen LogP contribution in [-0.2, 0) is 10.2 Å². The number of carbonyl (C=O) groups excluding carboxylic acids is 1. The van der Waals surface area contributed by atoms with Crippen LogP contribution in [-0.4, -0.2) is 42.0 Å². The first-order chi connectivity index (χ1) is 13.0. The lowest BCUT2D eigenvalue weighted by Crippen LogP contribution is -2.53. The lowest BCUT2D eigenvalue weighted by molar-refractivity contribution is -0.136. The Bertz CT molecular complexity index is 970. The second-order valence-electron chi connectivity index (χ2n) is 7.60. The summed E-state index contributed by atoms with van der Waals surface area (Å²) in [5.74, 6) is -0.100. The number of H-pyrrole nitrogens is 1. The third-order valence-corrected chi connectivity index (χ3v) is 5.56. The fourth-order valence-electron chi connectivity index (χ4n) is 3.96. The molecule has 1 fully saturated rings. The van der Waals surface area contributed by atoms with Crippen molar-refractivity contribution >= 4 is 22.5 Å². The van der Waals surface area contributed by atoms with E-state index in [1.807, 2.05) is 60.2 Å². The van der Waals surface area contributed by atoms with Gasteiger partial charge in [-0.25, -0.2) is 4.39 Å². The molecule has 0 unspecified atom stereocenters. The van der Waals surface area contributed by atoms with Gasteiger partial charge in [-0.3, -0.25) is 4.79 Å². The molecule has 1 aliphatic heterocycles. The summed E-state index contributed by atoms with van der Waals surface area (Å²) >= 11 is 0. The van der Waals surface area contributed by atoms with Crippen molar-refractivity contribution < 1.29 is 9.18 Å². The maximum atomic E-state index is 14.0. The number of benzene rings is 2. The van der Waals surface area contributed by atoms with Gasteiger partial charge in [-0.1, -0.05) is 30.3 Å². The van der Waals surface area contributed by atoms with Crippen molar-refractivity contribution in [1.82, 2.24) is 9.88 Å². The first kappa shape index (κ1) is 17.6. The van der Waals surface area contributed by atoms with Crippen LogP contribution in [0, 0.1) is 5.82 Å². The summed E-state index contributed by atoms with van der Waals surface area (Å²) in [4.78, 5) is 20.5. The van der Waals surface area contributed by atoms with Crippen molar-refractivity contribution in [3.8, 4) is 0 Å². The zero-order valence-corrected chi connectivity index (χ0v) is 15.7. The zero-order chi connectivity index (χ0) is 19.0. The molecule has 1 aliphatic rings. The van der Waals surface area contributed by atoms with Gasteiger partial charge in [0.1, 0.15) is 5.82 Å². The molecule has 1 saturated heterocycles. The van der Waals surface area contributed by atoms with E-state index in [0.717, 1.165) is 16.5 Å². The van der Waals surface area contributed by atoms with E-state index in [2.05, 4.69) is 4.98 Å². The van der Waals surface area contributed by atoms with Crippen molar-refractivity contribution in [2.45, 2.75) is 19.3 Å². The number of piperazine rings is 1. The number of nitrogens with zero attached hydrogens (tertiary/aromatic N) is 2. The normalized spacial score (nSPS) is 15.4. The lowest BCUT2D eigenvalue weighted by Gasteiger charge is -2.39. The summed E-state index contributed by atoms with van der Waals surface area (Å²) in [6.45, 7) is 6.42. The maximum absolute atomic E-state index is 14.0. The Morgan fingerprint density at radius 1 is 1.00 bits per heavy atom. The molecule has 5 heteroatoms. The van der Waals surface area contributed by atoms with Gasteiger partial charge >= 0.3 is 0 Å². The average molecular weight is 365 g/mol. The number of aromatic amines is 1. The fraction of sp³-hybridized carbons (Fsp3) is 0.318. The Morgan fingerprint density at radius 2 is 1.67 bits per heavy atom. The first-order valence-corrected chi connectivity index (χ1v) is 9.34. The third kappa shape index (κ3) is 3.07. The number of fused-ring (bicyclic) bond motifs is 1. The minimum absolute atomic E-state index is 0.112. The first-order valence-electron chi connectivity index (χ1n) is 9.34. The van der Waals surface area contributed by atoms with Crippen LogP contribution in [0.5, 0.6) is 0 Å². The van der Waals surface area contributed by atoms with Gasteiger partial charge in [0.05, 0.1) is 11.1 Å². The van der Waals surface area contributed by atoms with Gasteiger partial charge in [0.2, 0.25) is 5.91 Å². The van der Waals surface area contributed by atoms with Crippen LogP contribution in [0.25, 0.3) is 10.9 Å². The fourth-order valence-corrected chi connectivity index (χ4v) is 3.96. The van der Waals surface area contributed by atoms with Crippen molar-refractivity contribution in [3.63, 3.8) is 0 Å². The third-order valence-electron chi connectivity index (χ3n) is 5.56. The van der Waals surface area contributed by atoms with Crippen molar-refractivity contribution in [3.05, 3.63) is 66.1 Å². The van der Waals surface area contributed by atoms with E-state index in [1.165, 1.54) is 6.07 Å². The molecule has 1 N–H and O–H groups in total. The molecule has 1 aromatic heterocycles. The molecule has 0 saturated carbocycles. The molecule has 4 rings (SSSR count). The van der Waals surface area contributed by atoms with Crippen LogP contribution >= 0.6 is 0 Å². The second kappa shape index (κ2) is 6.72. The van der Waals surface area contributed by atoms with E-state index in [0.29, 0.717) is 31.9 Å². The molecule has 140 valence electrons. The predicted molar refractivity (Wildman–Crippen MR) is 107 cm³/mol. The van der Waals surface area contributed by atoms with Crippen LogP contribution < -0.4 is 4.90 Å². The molecule has 0 bridgehead atoms. The summed E-state index contributed by atoms with van der Waals surface area (Å²) in [5.41, 5.74) is 2.04. The van der Waals surface area contributed by atoms with E-state index in [4.69, 9.17) is 0 Å². The molecule has 0 aliphatic carbocycles. The van der Waals surface area contributed by atoms with E-state index < -0.39 is 5.41 Å². The molecule has 4 nitrogen and oxygen atoms in total. The largest absolute Gasteiger partial charge is 0.366 e. The molecular weight excluding hydrogens is 341 g/mol. The Hall–Kier alpha value is -2.82. The van der Waals surface area contributed by atoms with Gasteiger partial charge in [0.15, 0.2) is 0 Å². The van der Waals surface area contributed by atoms with E-state index >= 15 is 0 Å². The minimum Gasteiger partial charge on any atom is -0.366 e. The van der Waals surface area contributed by atoms with Crippen LogP contribution in [0.3, 0.4) is 0 Å².